The van der Waals surface area contributed by atoms with E-state index in [2.05, 4.69) is 10.1 Å². The van der Waals surface area contributed by atoms with Gasteiger partial charge in [0.05, 0.1) is 34.4 Å². The number of nitro benzene ring substituents is 1. The van der Waals surface area contributed by atoms with Crippen LogP contribution in [-0.2, 0) is 4.74 Å². The molecule has 0 aliphatic carbocycles. The molecule has 0 atom stereocenters. The number of nitro groups is 1. The summed E-state index contributed by atoms with van der Waals surface area (Å²) in [5.74, 6) is -2.42. The summed E-state index contributed by atoms with van der Waals surface area (Å²) < 4.78 is 4.67. The first-order chi connectivity index (χ1) is 15.8. The van der Waals surface area contributed by atoms with Gasteiger partial charge in [-0.25, -0.2) is 9.69 Å². The molecule has 0 radical (unpaired) electrons. The molecule has 0 saturated heterocycles. The van der Waals surface area contributed by atoms with Crippen molar-refractivity contribution < 1.29 is 28.8 Å². The molecule has 1 heterocycles. The number of nitrogens with one attached hydrogen (secondary N) is 1. The molecule has 0 spiro atoms. The van der Waals surface area contributed by atoms with Crippen molar-refractivity contribution in [3.05, 3.63) is 99.1 Å². The van der Waals surface area contributed by atoms with Crippen LogP contribution >= 0.6 is 0 Å². The zero-order chi connectivity index (χ0) is 23.7. The van der Waals surface area contributed by atoms with Gasteiger partial charge in [0.1, 0.15) is 0 Å². The minimum Gasteiger partial charge on any atom is -0.465 e. The molecule has 1 aliphatic heterocycles. The van der Waals surface area contributed by atoms with E-state index in [0.717, 1.165) is 11.0 Å². The standard InChI is InChI=1S/C23H15N3O7/c1-33-23(30)14-5-3-6-16(11-14)25-21(28)18-9-8-15(12-19(18)22(25)29)24-20(27)13-4-2-7-17(10-13)26(31)32/h2-12H,1H3,(H,24,27). The monoisotopic (exact) mass is 445 g/mol. The van der Waals surface area contributed by atoms with Gasteiger partial charge in [0.25, 0.3) is 23.4 Å². The molecular formula is C23H15N3O7. The van der Waals surface area contributed by atoms with Gasteiger partial charge in [0.2, 0.25) is 0 Å². The van der Waals surface area contributed by atoms with E-state index in [9.17, 15) is 29.3 Å². The van der Waals surface area contributed by atoms with Crippen LogP contribution in [0.25, 0.3) is 0 Å². The Hall–Kier alpha value is -4.86. The zero-order valence-electron chi connectivity index (χ0n) is 17.1. The molecule has 0 bridgehead atoms. The van der Waals surface area contributed by atoms with E-state index >= 15 is 0 Å². The summed E-state index contributed by atoms with van der Waals surface area (Å²) in [6.45, 7) is 0. The van der Waals surface area contributed by atoms with Crippen molar-refractivity contribution in [1.82, 2.24) is 0 Å². The Morgan fingerprint density at radius 3 is 2.33 bits per heavy atom. The SMILES string of the molecule is COC(=O)c1cccc(N2C(=O)c3ccc(NC(=O)c4cccc([N+](=O)[O-])c4)cc3C2=O)c1. The van der Waals surface area contributed by atoms with Crippen LogP contribution in [0.15, 0.2) is 66.7 Å². The van der Waals surface area contributed by atoms with Gasteiger partial charge in [-0.1, -0.05) is 12.1 Å². The number of rotatable bonds is 5. The highest BCUT2D eigenvalue weighted by Crippen LogP contribution is 2.31. The van der Waals surface area contributed by atoms with E-state index in [0.29, 0.717) is 0 Å². The van der Waals surface area contributed by atoms with Crippen LogP contribution < -0.4 is 10.2 Å². The van der Waals surface area contributed by atoms with Gasteiger partial charge in [-0.15, -0.1) is 0 Å². The van der Waals surface area contributed by atoms with E-state index in [4.69, 9.17) is 0 Å². The molecule has 0 saturated carbocycles. The van der Waals surface area contributed by atoms with E-state index in [1.54, 1.807) is 0 Å². The number of hydrogen-bond acceptors (Lipinski definition) is 7. The van der Waals surface area contributed by atoms with Crippen LogP contribution in [0.3, 0.4) is 0 Å². The van der Waals surface area contributed by atoms with Crippen molar-refractivity contribution in [3.63, 3.8) is 0 Å². The topological polar surface area (TPSA) is 136 Å². The molecule has 33 heavy (non-hydrogen) atoms. The maximum absolute atomic E-state index is 13.0. The Morgan fingerprint density at radius 2 is 1.61 bits per heavy atom. The Kier molecular flexibility index (Phi) is 5.41. The van der Waals surface area contributed by atoms with Crippen molar-refractivity contribution in [2.24, 2.45) is 0 Å². The number of anilines is 2. The highest BCUT2D eigenvalue weighted by atomic mass is 16.6. The van der Waals surface area contributed by atoms with Crippen molar-refractivity contribution >= 4 is 40.8 Å². The third kappa shape index (κ3) is 3.92. The molecule has 3 amide bonds. The third-order valence-electron chi connectivity index (χ3n) is 4.99. The van der Waals surface area contributed by atoms with Gasteiger partial charge in [-0.2, -0.15) is 0 Å². The fraction of sp³-hybridized carbons (Fsp3) is 0.0435. The summed E-state index contributed by atoms with van der Waals surface area (Å²) in [6.07, 6.45) is 0. The lowest BCUT2D eigenvalue weighted by Gasteiger charge is -2.14. The number of non-ortho nitro benzene ring substituents is 1. The second-order valence-electron chi connectivity index (χ2n) is 7.01. The minimum atomic E-state index is -0.622. The molecule has 3 aromatic carbocycles. The molecule has 10 heteroatoms. The van der Waals surface area contributed by atoms with E-state index in [-0.39, 0.29) is 39.3 Å². The van der Waals surface area contributed by atoms with Crippen LogP contribution in [0.4, 0.5) is 17.1 Å². The molecule has 4 rings (SSSR count). The van der Waals surface area contributed by atoms with Crippen molar-refractivity contribution in [3.8, 4) is 0 Å². The summed E-state index contributed by atoms with van der Waals surface area (Å²) in [6, 6.07) is 15.3. The summed E-state index contributed by atoms with van der Waals surface area (Å²) >= 11 is 0. The van der Waals surface area contributed by atoms with Gasteiger partial charge < -0.3 is 10.1 Å². The lowest BCUT2D eigenvalue weighted by molar-refractivity contribution is -0.384. The first-order valence-corrected chi connectivity index (χ1v) is 9.57. The largest absolute Gasteiger partial charge is 0.465 e. The normalized spacial score (nSPS) is 12.3. The Balaban J connectivity index is 1.60. The average molecular weight is 445 g/mol. The summed E-state index contributed by atoms with van der Waals surface area (Å²) in [7, 11) is 1.22. The van der Waals surface area contributed by atoms with Crippen molar-refractivity contribution in [2.75, 3.05) is 17.3 Å². The first-order valence-electron chi connectivity index (χ1n) is 9.57. The molecule has 1 aliphatic rings. The van der Waals surface area contributed by atoms with Gasteiger partial charge in [0, 0.05) is 23.4 Å². The van der Waals surface area contributed by atoms with Crippen molar-refractivity contribution in [2.45, 2.75) is 0 Å². The molecule has 0 fully saturated rings. The number of fused-ring (bicyclic) bond motifs is 1. The van der Waals surface area contributed by atoms with E-state index in [1.165, 1.54) is 67.8 Å². The number of ether oxygens (including phenoxy) is 1. The molecule has 1 N–H and O–H groups in total. The Labute approximate surface area is 186 Å². The fourth-order valence-electron chi connectivity index (χ4n) is 3.41. The third-order valence-corrected chi connectivity index (χ3v) is 4.99. The van der Waals surface area contributed by atoms with Gasteiger partial charge in [0.15, 0.2) is 0 Å². The van der Waals surface area contributed by atoms with E-state index < -0.39 is 28.6 Å². The second-order valence-corrected chi connectivity index (χ2v) is 7.01. The lowest BCUT2D eigenvalue weighted by atomic mass is 10.1. The number of carbonyl (C=O) groups excluding carboxylic acids is 4. The predicted molar refractivity (Wildman–Crippen MR) is 116 cm³/mol. The second kappa shape index (κ2) is 8.35. The average Bonchev–Trinajstić information content (AvgIpc) is 3.08. The number of carbonyl (C=O) groups is 4. The number of esters is 1. The van der Waals surface area contributed by atoms with Gasteiger partial charge >= 0.3 is 5.97 Å². The van der Waals surface area contributed by atoms with Crippen LogP contribution in [-0.4, -0.2) is 35.7 Å². The Bertz CT molecular complexity index is 1350. The summed E-state index contributed by atoms with van der Waals surface area (Å²) in [4.78, 5) is 61.4. The highest BCUT2D eigenvalue weighted by Gasteiger charge is 2.37. The molecule has 10 nitrogen and oxygen atoms in total. The lowest BCUT2D eigenvalue weighted by Crippen LogP contribution is -2.29. The molecule has 3 aromatic rings. The highest BCUT2D eigenvalue weighted by molar-refractivity contribution is 6.34. The van der Waals surface area contributed by atoms with Crippen LogP contribution in [0, 0.1) is 10.1 Å². The van der Waals surface area contributed by atoms with Crippen LogP contribution in [0.2, 0.25) is 0 Å². The predicted octanol–water partition coefficient (Wildman–Crippen LogP) is 3.43. The van der Waals surface area contributed by atoms with E-state index in [1.807, 2.05) is 0 Å². The Morgan fingerprint density at radius 1 is 0.909 bits per heavy atom. The number of methoxy groups -OCH3 is 1. The number of hydrogen-bond donors (Lipinski definition) is 1. The van der Waals surface area contributed by atoms with Crippen molar-refractivity contribution in [1.29, 1.82) is 0 Å². The van der Waals surface area contributed by atoms with Crippen LogP contribution in [0.5, 0.6) is 0 Å². The number of imide groups is 1. The van der Waals surface area contributed by atoms with Crippen LogP contribution in [0.1, 0.15) is 41.4 Å². The number of benzene rings is 3. The molecule has 164 valence electrons. The summed E-state index contributed by atoms with van der Waals surface area (Å²) in [5, 5.41) is 13.5. The van der Waals surface area contributed by atoms with Gasteiger partial charge in [-0.05, 0) is 42.5 Å². The number of nitrogens with zero attached hydrogens (tertiary/aromatic N) is 2. The first kappa shape index (κ1) is 21.4. The smallest absolute Gasteiger partial charge is 0.337 e. The summed E-state index contributed by atoms with van der Waals surface area (Å²) in [5.41, 5.74) is 0.645. The fourth-order valence-corrected chi connectivity index (χ4v) is 3.41. The van der Waals surface area contributed by atoms with Gasteiger partial charge in [-0.3, -0.25) is 24.5 Å². The molecular weight excluding hydrogens is 430 g/mol. The maximum atomic E-state index is 13.0. The zero-order valence-corrected chi connectivity index (χ0v) is 17.1. The quantitative estimate of drug-likeness (QED) is 0.275. The molecule has 0 unspecified atom stereocenters. The maximum Gasteiger partial charge on any atom is 0.337 e. The molecule has 0 aromatic heterocycles. The minimum absolute atomic E-state index is 0.0633. The number of amides is 3.